The van der Waals surface area contributed by atoms with E-state index >= 15 is 0 Å². The van der Waals surface area contributed by atoms with E-state index in [9.17, 15) is 4.79 Å². The standard InChI is InChI=1S/C9H9N5O2S/c1-14-4-12-13-9(14)17-7-6(8(15)16)2-5(10)3-11-7/h2-4H,10H2,1H3,(H,15,16). The Morgan fingerprint density at radius 3 is 2.94 bits per heavy atom. The third-order valence-corrected chi connectivity index (χ3v) is 3.03. The van der Waals surface area contributed by atoms with Crippen molar-refractivity contribution < 1.29 is 9.90 Å². The molecule has 0 fully saturated rings. The minimum absolute atomic E-state index is 0.0537. The van der Waals surface area contributed by atoms with E-state index in [2.05, 4.69) is 15.2 Å². The van der Waals surface area contributed by atoms with E-state index in [-0.39, 0.29) is 5.56 Å². The van der Waals surface area contributed by atoms with Crippen LogP contribution in [0, 0.1) is 0 Å². The average molecular weight is 251 g/mol. The highest BCUT2D eigenvalue weighted by Crippen LogP contribution is 2.27. The molecule has 2 heterocycles. The molecule has 2 rings (SSSR count). The zero-order valence-corrected chi connectivity index (χ0v) is 9.68. The summed E-state index contributed by atoms with van der Waals surface area (Å²) in [6.45, 7) is 0. The third-order valence-electron chi connectivity index (χ3n) is 1.96. The first-order valence-corrected chi connectivity index (χ1v) is 5.40. The summed E-state index contributed by atoms with van der Waals surface area (Å²) in [7, 11) is 1.76. The number of nitrogens with zero attached hydrogens (tertiary/aromatic N) is 4. The number of pyridine rings is 1. The molecule has 2 aromatic heterocycles. The predicted molar refractivity (Wildman–Crippen MR) is 60.7 cm³/mol. The van der Waals surface area contributed by atoms with E-state index in [0.29, 0.717) is 15.9 Å². The molecular formula is C9H9N5O2S. The first-order valence-electron chi connectivity index (χ1n) is 4.58. The lowest BCUT2D eigenvalue weighted by molar-refractivity contribution is 0.0692. The van der Waals surface area contributed by atoms with Crippen LogP contribution in [0.4, 0.5) is 5.69 Å². The first kappa shape index (κ1) is 11.4. The van der Waals surface area contributed by atoms with E-state index < -0.39 is 5.97 Å². The Kier molecular flexibility index (Phi) is 2.96. The van der Waals surface area contributed by atoms with Crippen molar-refractivity contribution in [3.63, 3.8) is 0 Å². The van der Waals surface area contributed by atoms with Crippen molar-refractivity contribution in [2.24, 2.45) is 7.05 Å². The maximum absolute atomic E-state index is 11.0. The number of aryl methyl sites for hydroxylation is 1. The van der Waals surface area contributed by atoms with Gasteiger partial charge in [-0.25, -0.2) is 9.78 Å². The Morgan fingerprint density at radius 2 is 2.35 bits per heavy atom. The molecule has 0 aliphatic rings. The molecule has 0 aliphatic carbocycles. The van der Waals surface area contributed by atoms with Crippen molar-refractivity contribution in [3.05, 3.63) is 24.2 Å². The number of carboxylic acid groups (broad SMARTS) is 1. The van der Waals surface area contributed by atoms with Crippen molar-refractivity contribution in [1.82, 2.24) is 19.7 Å². The number of aromatic nitrogens is 4. The van der Waals surface area contributed by atoms with E-state index in [1.807, 2.05) is 0 Å². The monoisotopic (exact) mass is 251 g/mol. The number of rotatable bonds is 3. The zero-order valence-electron chi connectivity index (χ0n) is 8.86. The molecule has 0 spiro atoms. The Morgan fingerprint density at radius 1 is 1.59 bits per heavy atom. The van der Waals surface area contributed by atoms with Crippen LogP contribution in [0.1, 0.15) is 10.4 Å². The van der Waals surface area contributed by atoms with Crippen molar-refractivity contribution >= 4 is 23.4 Å². The van der Waals surface area contributed by atoms with Gasteiger partial charge in [0.05, 0.1) is 17.4 Å². The zero-order chi connectivity index (χ0) is 12.4. The van der Waals surface area contributed by atoms with Gasteiger partial charge in [-0.1, -0.05) is 0 Å². The summed E-state index contributed by atoms with van der Waals surface area (Å²) < 4.78 is 1.67. The van der Waals surface area contributed by atoms with Crippen LogP contribution in [-0.4, -0.2) is 30.8 Å². The molecule has 0 aliphatic heterocycles. The Labute approximate surface area is 101 Å². The number of hydrogen-bond acceptors (Lipinski definition) is 6. The smallest absolute Gasteiger partial charge is 0.338 e. The van der Waals surface area contributed by atoms with Crippen LogP contribution in [-0.2, 0) is 7.05 Å². The lowest BCUT2D eigenvalue weighted by Crippen LogP contribution is -2.03. The van der Waals surface area contributed by atoms with Gasteiger partial charge in [-0.05, 0) is 17.8 Å². The molecule has 0 unspecified atom stereocenters. The Balaban J connectivity index is 2.39. The van der Waals surface area contributed by atoms with E-state index in [1.54, 1.807) is 11.6 Å². The normalized spacial score (nSPS) is 10.4. The minimum atomic E-state index is -1.07. The second kappa shape index (κ2) is 4.42. The molecule has 0 amide bonds. The van der Waals surface area contributed by atoms with E-state index in [1.165, 1.54) is 18.6 Å². The van der Waals surface area contributed by atoms with Gasteiger partial charge in [0.1, 0.15) is 11.4 Å². The minimum Gasteiger partial charge on any atom is -0.478 e. The molecule has 88 valence electrons. The average Bonchev–Trinajstić information content (AvgIpc) is 2.67. The summed E-state index contributed by atoms with van der Waals surface area (Å²) in [5.74, 6) is -1.07. The second-order valence-electron chi connectivity index (χ2n) is 3.25. The highest BCUT2D eigenvalue weighted by Gasteiger charge is 2.15. The quantitative estimate of drug-likeness (QED) is 0.824. The molecule has 0 aromatic carbocycles. The SMILES string of the molecule is Cn1cnnc1Sc1ncc(N)cc1C(=O)O. The van der Waals surface area contributed by atoms with Crippen molar-refractivity contribution in [2.75, 3.05) is 5.73 Å². The molecule has 0 saturated carbocycles. The number of hydrogen-bond donors (Lipinski definition) is 2. The molecule has 3 N–H and O–H groups in total. The summed E-state index contributed by atoms with van der Waals surface area (Å²) >= 11 is 1.13. The van der Waals surface area contributed by atoms with Gasteiger partial charge >= 0.3 is 5.97 Å². The van der Waals surface area contributed by atoms with Gasteiger partial charge in [-0.2, -0.15) is 0 Å². The number of aromatic carboxylic acids is 1. The molecule has 7 nitrogen and oxygen atoms in total. The fraction of sp³-hybridized carbons (Fsp3) is 0.111. The van der Waals surface area contributed by atoms with Crippen LogP contribution >= 0.6 is 11.8 Å². The van der Waals surface area contributed by atoms with Crippen LogP contribution in [0.5, 0.6) is 0 Å². The van der Waals surface area contributed by atoms with Gasteiger partial charge < -0.3 is 15.4 Å². The van der Waals surface area contributed by atoms with Crippen LogP contribution < -0.4 is 5.73 Å². The van der Waals surface area contributed by atoms with Crippen molar-refractivity contribution in [1.29, 1.82) is 0 Å². The highest BCUT2D eigenvalue weighted by atomic mass is 32.2. The lowest BCUT2D eigenvalue weighted by Gasteiger charge is -2.04. The number of nitrogens with two attached hydrogens (primary N) is 1. The van der Waals surface area contributed by atoms with E-state index in [4.69, 9.17) is 10.8 Å². The topological polar surface area (TPSA) is 107 Å². The number of nitrogen functional groups attached to an aromatic ring is 1. The van der Waals surface area contributed by atoms with Gasteiger partial charge in [-0.3, -0.25) is 0 Å². The van der Waals surface area contributed by atoms with Gasteiger partial charge in [-0.15, -0.1) is 10.2 Å². The van der Waals surface area contributed by atoms with Gasteiger partial charge in [0.2, 0.25) is 0 Å². The number of carbonyl (C=O) groups is 1. The lowest BCUT2D eigenvalue weighted by atomic mass is 10.3. The molecule has 0 bridgehead atoms. The summed E-state index contributed by atoms with van der Waals surface area (Å²) in [5, 5.41) is 17.5. The van der Waals surface area contributed by atoms with Crippen LogP contribution in [0.15, 0.2) is 28.8 Å². The second-order valence-corrected chi connectivity index (χ2v) is 4.21. The summed E-state index contributed by atoms with van der Waals surface area (Å²) in [4.78, 5) is 15.0. The summed E-state index contributed by atoms with van der Waals surface area (Å²) in [5.41, 5.74) is 5.86. The molecule has 17 heavy (non-hydrogen) atoms. The van der Waals surface area contributed by atoms with Crippen LogP contribution in [0.25, 0.3) is 0 Å². The van der Waals surface area contributed by atoms with Gasteiger partial charge in [0, 0.05) is 7.05 Å². The maximum Gasteiger partial charge on any atom is 0.338 e. The van der Waals surface area contributed by atoms with Crippen molar-refractivity contribution in [3.8, 4) is 0 Å². The van der Waals surface area contributed by atoms with Gasteiger partial charge in [0.25, 0.3) is 0 Å². The highest BCUT2D eigenvalue weighted by molar-refractivity contribution is 7.99. The predicted octanol–water partition coefficient (Wildman–Crippen LogP) is 0.642. The summed E-state index contributed by atoms with van der Waals surface area (Å²) in [6.07, 6.45) is 2.94. The largest absolute Gasteiger partial charge is 0.478 e. The van der Waals surface area contributed by atoms with Crippen LogP contribution in [0.3, 0.4) is 0 Å². The fourth-order valence-electron chi connectivity index (χ4n) is 1.15. The van der Waals surface area contributed by atoms with E-state index in [0.717, 1.165) is 11.8 Å². The third kappa shape index (κ3) is 2.36. The molecule has 2 aromatic rings. The summed E-state index contributed by atoms with van der Waals surface area (Å²) in [6, 6.07) is 1.37. The molecule has 0 radical (unpaired) electrons. The Bertz CT molecular complexity index is 568. The number of anilines is 1. The first-order chi connectivity index (χ1) is 8.08. The number of carboxylic acids is 1. The molecule has 8 heteroatoms. The maximum atomic E-state index is 11.0. The van der Waals surface area contributed by atoms with Crippen LogP contribution in [0.2, 0.25) is 0 Å². The molecule has 0 saturated heterocycles. The van der Waals surface area contributed by atoms with Crippen molar-refractivity contribution in [2.45, 2.75) is 10.2 Å². The molecule has 0 atom stereocenters. The Hall–Kier alpha value is -2.09. The molecular weight excluding hydrogens is 242 g/mol. The van der Waals surface area contributed by atoms with Gasteiger partial charge in [0.15, 0.2) is 5.16 Å². The fourth-order valence-corrected chi connectivity index (χ4v) is 1.97.